The number of hydrogen-bond donors (Lipinski definition) is 3. The number of nitrogens with two attached hydrogens (primary N) is 1. The predicted molar refractivity (Wildman–Crippen MR) is 79.2 cm³/mol. The van der Waals surface area contributed by atoms with Crippen molar-refractivity contribution in [2.45, 2.75) is 32.4 Å². The molecule has 0 radical (unpaired) electrons. The highest BCUT2D eigenvalue weighted by molar-refractivity contribution is 6.31. The summed E-state index contributed by atoms with van der Waals surface area (Å²) in [4.78, 5) is 17.7. The second-order valence-electron chi connectivity index (χ2n) is 5.02. The molecule has 0 spiro atoms. The first-order valence-electron chi connectivity index (χ1n) is 6.70. The fourth-order valence-electron chi connectivity index (χ4n) is 2.41. The van der Waals surface area contributed by atoms with Crippen LogP contribution >= 0.6 is 11.6 Å². The SMILES string of the molecule is CC(=O)NC1CCN(Cc2nc(NN)ccc2Cl)CC1. The highest BCUT2D eigenvalue weighted by Gasteiger charge is 2.20. The van der Waals surface area contributed by atoms with Gasteiger partial charge < -0.3 is 10.7 Å². The van der Waals surface area contributed by atoms with Crippen LogP contribution in [0.1, 0.15) is 25.5 Å². The van der Waals surface area contributed by atoms with Gasteiger partial charge in [-0.25, -0.2) is 10.8 Å². The predicted octanol–water partition coefficient (Wildman–Crippen LogP) is 1.12. The molecule has 7 heteroatoms. The van der Waals surface area contributed by atoms with Crippen LogP contribution in [0.5, 0.6) is 0 Å². The first-order chi connectivity index (χ1) is 9.58. The van der Waals surface area contributed by atoms with Gasteiger partial charge in [-0.2, -0.15) is 0 Å². The zero-order chi connectivity index (χ0) is 14.5. The van der Waals surface area contributed by atoms with E-state index in [1.165, 1.54) is 0 Å². The lowest BCUT2D eigenvalue weighted by Crippen LogP contribution is -2.43. The fraction of sp³-hybridized carbons (Fsp3) is 0.538. The van der Waals surface area contributed by atoms with Crippen molar-refractivity contribution in [3.63, 3.8) is 0 Å². The summed E-state index contributed by atoms with van der Waals surface area (Å²) in [6.07, 6.45) is 1.90. The van der Waals surface area contributed by atoms with Gasteiger partial charge in [0.2, 0.25) is 5.91 Å². The molecular weight excluding hydrogens is 278 g/mol. The smallest absolute Gasteiger partial charge is 0.217 e. The molecule has 1 aromatic rings. The Morgan fingerprint density at radius 2 is 2.20 bits per heavy atom. The van der Waals surface area contributed by atoms with Crippen LogP contribution in [0.2, 0.25) is 5.02 Å². The summed E-state index contributed by atoms with van der Waals surface area (Å²) < 4.78 is 0. The van der Waals surface area contributed by atoms with Crippen LogP contribution in [0.25, 0.3) is 0 Å². The first kappa shape index (κ1) is 15.0. The van der Waals surface area contributed by atoms with Gasteiger partial charge in [0.25, 0.3) is 0 Å². The Bertz CT molecular complexity index is 474. The number of nitrogens with one attached hydrogen (secondary N) is 2. The number of pyridine rings is 1. The number of likely N-dealkylation sites (tertiary alicyclic amines) is 1. The molecule has 0 bridgehead atoms. The maximum atomic E-state index is 11.0. The molecule has 1 aliphatic rings. The lowest BCUT2D eigenvalue weighted by Gasteiger charge is -2.32. The van der Waals surface area contributed by atoms with Gasteiger partial charge in [0.05, 0.1) is 10.7 Å². The van der Waals surface area contributed by atoms with E-state index in [9.17, 15) is 4.79 Å². The number of hydrogen-bond acceptors (Lipinski definition) is 5. The molecule has 1 fully saturated rings. The summed E-state index contributed by atoms with van der Waals surface area (Å²) in [7, 11) is 0. The lowest BCUT2D eigenvalue weighted by atomic mass is 10.0. The van der Waals surface area contributed by atoms with Crippen molar-refractivity contribution >= 4 is 23.3 Å². The Hall–Kier alpha value is -1.37. The van der Waals surface area contributed by atoms with Gasteiger partial charge in [-0.05, 0) is 25.0 Å². The minimum absolute atomic E-state index is 0.0369. The van der Waals surface area contributed by atoms with E-state index in [4.69, 9.17) is 17.4 Å². The monoisotopic (exact) mass is 297 g/mol. The number of aromatic nitrogens is 1. The van der Waals surface area contributed by atoms with E-state index in [2.05, 4.69) is 20.6 Å². The number of nitrogen functional groups attached to an aromatic ring is 1. The van der Waals surface area contributed by atoms with Crippen LogP contribution in [0.3, 0.4) is 0 Å². The molecule has 4 N–H and O–H groups in total. The maximum Gasteiger partial charge on any atom is 0.217 e. The van der Waals surface area contributed by atoms with E-state index < -0.39 is 0 Å². The van der Waals surface area contributed by atoms with E-state index >= 15 is 0 Å². The molecule has 0 aliphatic carbocycles. The minimum Gasteiger partial charge on any atom is -0.354 e. The zero-order valence-electron chi connectivity index (χ0n) is 11.5. The molecule has 110 valence electrons. The van der Waals surface area contributed by atoms with Crippen LogP contribution in [0.15, 0.2) is 12.1 Å². The van der Waals surface area contributed by atoms with Gasteiger partial charge in [-0.15, -0.1) is 0 Å². The summed E-state index contributed by atoms with van der Waals surface area (Å²) in [6, 6.07) is 3.82. The van der Waals surface area contributed by atoms with Crippen molar-refractivity contribution in [3.05, 3.63) is 22.8 Å². The quantitative estimate of drug-likeness (QED) is 0.573. The molecule has 20 heavy (non-hydrogen) atoms. The van der Waals surface area contributed by atoms with Gasteiger partial charge in [-0.3, -0.25) is 9.69 Å². The van der Waals surface area contributed by atoms with Gasteiger partial charge in [0, 0.05) is 32.6 Å². The van der Waals surface area contributed by atoms with Crippen LogP contribution in [-0.4, -0.2) is 34.9 Å². The average Bonchev–Trinajstić information content (AvgIpc) is 2.43. The molecule has 0 unspecified atom stereocenters. The molecule has 1 saturated heterocycles. The molecule has 2 rings (SSSR count). The number of carbonyl (C=O) groups excluding carboxylic acids is 1. The van der Waals surface area contributed by atoms with Crippen LogP contribution < -0.4 is 16.6 Å². The van der Waals surface area contributed by atoms with Gasteiger partial charge in [0.1, 0.15) is 5.82 Å². The number of halogens is 1. The van der Waals surface area contributed by atoms with Gasteiger partial charge >= 0.3 is 0 Å². The molecule has 0 aromatic carbocycles. The number of anilines is 1. The minimum atomic E-state index is 0.0369. The normalized spacial score (nSPS) is 16.9. The molecule has 0 saturated carbocycles. The highest BCUT2D eigenvalue weighted by Crippen LogP contribution is 2.20. The van der Waals surface area contributed by atoms with Crippen molar-refractivity contribution in [2.24, 2.45) is 5.84 Å². The summed E-state index contributed by atoms with van der Waals surface area (Å²) in [5.41, 5.74) is 3.34. The van der Waals surface area contributed by atoms with Gasteiger partial charge in [0.15, 0.2) is 0 Å². The summed E-state index contributed by atoms with van der Waals surface area (Å²) in [6.45, 7) is 4.09. The fourth-order valence-corrected chi connectivity index (χ4v) is 2.58. The third-order valence-electron chi connectivity index (χ3n) is 3.43. The molecule has 1 aliphatic heterocycles. The topological polar surface area (TPSA) is 83.3 Å². The van der Waals surface area contributed by atoms with Crippen molar-refractivity contribution in [1.82, 2.24) is 15.2 Å². The maximum absolute atomic E-state index is 11.0. The van der Waals surface area contributed by atoms with Crippen molar-refractivity contribution in [2.75, 3.05) is 18.5 Å². The van der Waals surface area contributed by atoms with Crippen LogP contribution in [0, 0.1) is 0 Å². The van der Waals surface area contributed by atoms with Crippen LogP contribution in [-0.2, 0) is 11.3 Å². The largest absolute Gasteiger partial charge is 0.354 e. The van der Waals surface area contributed by atoms with Crippen molar-refractivity contribution in [3.8, 4) is 0 Å². The number of hydrazine groups is 1. The average molecular weight is 298 g/mol. The zero-order valence-corrected chi connectivity index (χ0v) is 12.3. The van der Waals surface area contributed by atoms with E-state index in [1.54, 1.807) is 19.1 Å². The van der Waals surface area contributed by atoms with E-state index in [-0.39, 0.29) is 11.9 Å². The van der Waals surface area contributed by atoms with Crippen LogP contribution in [0.4, 0.5) is 5.82 Å². The van der Waals surface area contributed by atoms with E-state index in [1.807, 2.05) is 0 Å². The van der Waals surface area contributed by atoms with Crippen molar-refractivity contribution < 1.29 is 4.79 Å². The number of piperidine rings is 1. The summed E-state index contributed by atoms with van der Waals surface area (Å²) >= 11 is 6.16. The number of nitrogens with zero attached hydrogens (tertiary/aromatic N) is 2. The standard InChI is InChI=1S/C13H20ClN5O/c1-9(20)16-10-4-6-19(7-5-10)8-12-11(14)2-3-13(17-12)18-15/h2-3,10H,4-8,15H2,1H3,(H,16,20)(H,17,18). The summed E-state index contributed by atoms with van der Waals surface area (Å²) in [5, 5.41) is 3.61. The van der Waals surface area contributed by atoms with E-state index in [0.717, 1.165) is 31.6 Å². The second kappa shape index (κ2) is 6.88. The molecular formula is C13H20ClN5O. The Morgan fingerprint density at radius 1 is 1.50 bits per heavy atom. The van der Waals surface area contributed by atoms with Gasteiger partial charge in [-0.1, -0.05) is 11.6 Å². The number of rotatable bonds is 4. The molecule has 2 heterocycles. The lowest BCUT2D eigenvalue weighted by molar-refractivity contribution is -0.119. The highest BCUT2D eigenvalue weighted by atomic mass is 35.5. The number of carbonyl (C=O) groups is 1. The number of amides is 1. The molecule has 1 aromatic heterocycles. The first-order valence-corrected chi connectivity index (χ1v) is 7.08. The Balaban J connectivity index is 1.90. The van der Waals surface area contributed by atoms with Crippen molar-refractivity contribution in [1.29, 1.82) is 0 Å². The summed E-state index contributed by atoms with van der Waals surface area (Å²) in [5.74, 6) is 6.00. The van der Waals surface area contributed by atoms with E-state index in [0.29, 0.717) is 17.4 Å². The Labute approximate surface area is 123 Å². The third kappa shape index (κ3) is 4.06. The Morgan fingerprint density at radius 3 is 2.80 bits per heavy atom. The molecule has 6 nitrogen and oxygen atoms in total. The molecule has 0 atom stereocenters. The molecule has 1 amide bonds. The Kier molecular flexibility index (Phi) is 5.17. The third-order valence-corrected chi connectivity index (χ3v) is 3.78. The second-order valence-corrected chi connectivity index (χ2v) is 5.43.